The zero-order valence-electron chi connectivity index (χ0n) is 8.91. The first kappa shape index (κ1) is 10.8. The summed E-state index contributed by atoms with van der Waals surface area (Å²) in [5.74, 6) is 5.98. The second-order valence-electron chi connectivity index (χ2n) is 3.92. The maximum atomic E-state index is 9.88. The van der Waals surface area contributed by atoms with Crippen LogP contribution in [0, 0.1) is 17.8 Å². The zero-order valence-corrected chi connectivity index (χ0v) is 8.91. The van der Waals surface area contributed by atoms with Gasteiger partial charge in [0.25, 0.3) is 0 Å². The van der Waals surface area contributed by atoms with Crippen molar-refractivity contribution >= 4 is 0 Å². The number of aliphatic hydroxyl groups is 1. The third-order valence-corrected chi connectivity index (χ3v) is 2.36. The van der Waals surface area contributed by atoms with Gasteiger partial charge in [0, 0.05) is 5.56 Å². The fourth-order valence-corrected chi connectivity index (χ4v) is 0.865. The highest BCUT2D eigenvalue weighted by molar-refractivity contribution is 5.35. The Kier molecular flexibility index (Phi) is 3.33. The van der Waals surface area contributed by atoms with Gasteiger partial charge in [-0.2, -0.15) is 0 Å². The van der Waals surface area contributed by atoms with Crippen molar-refractivity contribution in [2.75, 3.05) is 0 Å². The molecule has 0 bridgehead atoms. The van der Waals surface area contributed by atoms with E-state index in [0.29, 0.717) is 0 Å². The van der Waals surface area contributed by atoms with Crippen LogP contribution < -0.4 is 0 Å². The molecule has 0 fully saturated rings. The fourth-order valence-electron chi connectivity index (χ4n) is 0.865. The van der Waals surface area contributed by atoms with Gasteiger partial charge in [0.2, 0.25) is 0 Å². The van der Waals surface area contributed by atoms with Crippen molar-refractivity contribution in [3.8, 4) is 11.8 Å². The second-order valence-corrected chi connectivity index (χ2v) is 3.92. The van der Waals surface area contributed by atoms with E-state index in [1.807, 2.05) is 44.2 Å². The Bertz CT molecular complexity index is 338. The summed E-state index contributed by atoms with van der Waals surface area (Å²) in [6.07, 6.45) is 0. The van der Waals surface area contributed by atoms with Crippen molar-refractivity contribution in [3.05, 3.63) is 35.9 Å². The second kappa shape index (κ2) is 4.30. The predicted octanol–water partition coefficient (Wildman–Crippen LogP) is 2.45. The van der Waals surface area contributed by atoms with Gasteiger partial charge < -0.3 is 5.11 Å². The topological polar surface area (TPSA) is 20.2 Å². The van der Waals surface area contributed by atoms with Gasteiger partial charge in [0.05, 0.1) is 0 Å². The first-order chi connectivity index (χ1) is 6.52. The molecule has 1 aromatic carbocycles. The van der Waals surface area contributed by atoms with Crippen molar-refractivity contribution < 1.29 is 5.11 Å². The predicted molar refractivity (Wildman–Crippen MR) is 58.8 cm³/mol. The van der Waals surface area contributed by atoms with E-state index in [0.717, 1.165) is 5.56 Å². The highest BCUT2D eigenvalue weighted by atomic mass is 16.3. The minimum Gasteiger partial charge on any atom is -0.378 e. The highest BCUT2D eigenvalue weighted by Gasteiger charge is 2.21. The molecular weight excluding hydrogens is 172 g/mol. The SMILES string of the molecule is CC(C)C(C)(O)C#Cc1ccccc1. The van der Waals surface area contributed by atoms with Gasteiger partial charge in [-0.25, -0.2) is 0 Å². The molecule has 1 aromatic rings. The Labute approximate surface area is 85.8 Å². The van der Waals surface area contributed by atoms with Crippen molar-refractivity contribution in [3.63, 3.8) is 0 Å². The van der Waals surface area contributed by atoms with Crippen LogP contribution in [0.25, 0.3) is 0 Å². The number of hydrogen-bond acceptors (Lipinski definition) is 1. The molecule has 14 heavy (non-hydrogen) atoms. The molecule has 74 valence electrons. The molecule has 1 unspecified atom stereocenters. The minimum absolute atomic E-state index is 0.138. The van der Waals surface area contributed by atoms with Gasteiger partial charge in [0.15, 0.2) is 0 Å². The lowest BCUT2D eigenvalue weighted by atomic mass is 9.93. The first-order valence-electron chi connectivity index (χ1n) is 4.83. The molecule has 1 nitrogen and oxygen atoms in total. The lowest BCUT2D eigenvalue weighted by Gasteiger charge is -2.20. The molecule has 1 atom stereocenters. The molecule has 0 heterocycles. The molecule has 0 aliphatic rings. The van der Waals surface area contributed by atoms with Crippen LogP contribution in [0.15, 0.2) is 30.3 Å². The summed E-state index contributed by atoms with van der Waals surface area (Å²) < 4.78 is 0. The Morgan fingerprint density at radius 3 is 2.29 bits per heavy atom. The molecule has 0 spiro atoms. The fraction of sp³-hybridized carbons (Fsp3) is 0.385. The van der Waals surface area contributed by atoms with E-state index in [4.69, 9.17) is 0 Å². The summed E-state index contributed by atoms with van der Waals surface area (Å²) in [6, 6.07) is 9.70. The Hall–Kier alpha value is -1.26. The summed E-state index contributed by atoms with van der Waals surface area (Å²) in [6.45, 7) is 5.66. The van der Waals surface area contributed by atoms with E-state index in [2.05, 4.69) is 11.8 Å². The molecule has 1 rings (SSSR count). The van der Waals surface area contributed by atoms with Crippen LogP contribution in [0.2, 0.25) is 0 Å². The van der Waals surface area contributed by atoms with Crippen molar-refractivity contribution in [1.29, 1.82) is 0 Å². The third kappa shape index (κ3) is 2.90. The van der Waals surface area contributed by atoms with E-state index < -0.39 is 5.60 Å². The van der Waals surface area contributed by atoms with E-state index in [1.54, 1.807) is 6.92 Å². The monoisotopic (exact) mass is 188 g/mol. The molecule has 1 heteroatoms. The summed E-state index contributed by atoms with van der Waals surface area (Å²) in [4.78, 5) is 0. The smallest absolute Gasteiger partial charge is 0.125 e. The van der Waals surface area contributed by atoms with E-state index in [-0.39, 0.29) is 5.92 Å². The largest absolute Gasteiger partial charge is 0.378 e. The molecule has 0 aromatic heterocycles. The third-order valence-electron chi connectivity index (χ3n) is 2.36. The molecule has 1 N–H and O–H groups in total. The van der Waals surface area contributed by atoms with Gasteiger partial charge in [-0.05, 0) is 25.0 Å². The van der Waals surface area contributed by atoms with Crippen LogP contribution in [-0.4, -0.2) is 10.7 Å². The number of hydrogen-bond donors (Lipinski definition) is 1. The van der Waals surface area contributed by atoms with Gasteiger partial charge in [-0.1, -0.05) is 43.9 Å². The van der Waals surface area contributed by atoms with Crippen LogP contribution in [0.4, 0.5) is 0 Å². The van der Waals surface area contributed by atoms with Crippen molar-refractivity contribution in [2.45, 2.75) is 26.4 Å². The van der Waals surface area contributed by atoms with Crippen LogP contribution in [0.5, 0.6) is 0 Å². The molecule has 0 radical (unpaired) electrons. The molecule has 0 amide bonds. The molecular formula is C13H16O. The van der Waals surface area contributed by atoms with Crippen molar-refractivity contribution in [2.24, 2.45) is 5.92 Å². The van der Waals surface area contributed by atoms with Crippen molar-refractivity contribution in [1.82, 2.24) is 0 Å². The Morgan fingerprint density at radius 2 is 1.79 bits per heavy atom. The van der Waals surface area contributed by atoms with Crippen LogP contribution >= 0.6 is 0 Å². The van der Waals surface area contributed by atoms with E-state index in [9.17, 15) is 5.11 Å². The molecule has 0 saturated heterocycles. The molecule has 0 aliphatic heterocycles. The first-order valence-corrected chi connectivity index (χ1v) is 4.83. The summed E-state index contributed by atoms with van der Waals surface area (Å²) in [5, 5.41) is 9.88. The minimum atomic E-state index is -0.907. The van der Waals surface area contributed by atoms with Gasteiger partial charge in [-0.15, -0.1) is 0 Å². The summed E-state index contributed by atoms with van der Waals surface area (Å²) in [5.41, 5.74) is 0.0315. The van der Waals surface area contributed by atoms with Gasteiger partial charge in [0.1, 0.15) is 5.60 Å². The highest BCUT2D eigenvalue weighted by Crippen LogP contribution is 2.14. The summed E-state index contributed by atoms with van der Waals surface area (Å²) >= 11 is 0. The zero-order chi connectivity index (χ0) is 10.6. The number of rotatable bonds is 1. The average molecular weight is 188 g/mol. The maximum Gasteiger partial charge on any atom is 0.125 e. The number of benzene rings is 1. The van der Waals surface area contributed by atoms with Gasteiger partial charge >= 0.3 is 0 Å². The van der Waals surface area contributed by atoms with Gasteiger partial charge in [-0.3, -0.25) is 0 Å². The Morgan fingerprint density at radius 1 is 1.21 bits per heavy atom. The summed E-state index contributed by atoms with van der Waals surface area (Å²) in [7, 11) is 0. The average Bonchev–Trinajstić information content (AvgIpc) is 2.16. The Balaban J connectivity index is 2.83. The normalized spacial score (nSPS) is 14.4. The standard InChI is InChI=1S/C13H16O/c1-11(2)13(3,14)10-9-12-7-5-4-6-8-12/h4-8,11,14H,1-3H3. The van der Waals surface area contributed by atoms with Crippen LogP contribution in [-0.2, 0) is 0 Å². The maximum absolute atomic E-state index is 9.88. The van der Waals surface area contributed by atoms with Crippen LogP contribution in [0.1, 0.15) is 26.3 Å². The lowest BCUT2D eigenvalue weighted by molar-refractivity contribution is 0.0726. The lowest BCUT2D eigenvalue weighted by Crippen LogP contribution is -2.28. The quantitative estimate of drug-likeness (QED) is 0.671. The van der Waals surface area contributed by atoms with E-state index >= 15 is 0 Å². The molecule has 0 aliphatic carbocycles. The molecule has 0 saturated carbocycles. The van der Waals surface area contributed by atoms with Crippen LogP contribution in [0.3, 0.4) is 0 Å². The van der Waals surface area contributed by atoms with E-state index in [1.165, 1.54) is 0 Å².